The third kappa shape index (κ3) is 1.86. The van der Waals surface area contributed by atoms with E-state index in [0.717, 1.165) is 0 Å². The van der Waals surface area contributed by atoms with Crippen molar-refractivity contribution in [2.24, 2.45) is 0 Å². The van der Waals surface area contributed by atoms with Crippen molar-refractivity contribution in [3.8, 4) is 11.3 Å². The highest BCUT2D eigenvalue weighted by atomic mass is 16.6. The van der Waals surface area contributed by atoms with Crippen molar-refractivity contribution in [1.29, 1.82) is 0 Å². The van der Waals surface area contributed by atoms with Gasteiger partial charge >= 0.3 is 11.9 Å². The Morgan fingerprint density at radius 2 is 1.94 bits per heavy atom. The van der Waals surface area contributed by atoms with Gasteiger partial charge in [-0.05, 0) is 12.1 Å². The minimum Gasteiger partial charge on any atom is -0.464 e. The number of furan rings is 1. The molecule has 0 N–H and O–H groups in total. The number of methoxy groups -OCH3 is 2. The van der Waals surface area contributed by atoms with E-state index in [1.165, 1.54) is 20.5 Å². The SMILES string of the molecule is COC(=O)c1noc(C(=O)OC)c1-c1ccco1. The molecule has 94 valence electrons. The summed E-state index contributed by atoms with van der Waals surface area (Å²) in [6.45, 7) is 0. The Kier molecular flexibility index (Phi) is 3.13. The summed E-state index contributed by atoms with van der Waals surface area (Å²) in [7, 11) is 2.38. The molecule has 0 saturated carbocycles. The molecule has 2 aromatic heterocycles. The fourth-order valence-corrected chi connectivity index (χ4v) is 1.41. The van der Waals surface area contributed by atoms with Crippen molar-refractivity contribution < 1.29 is 28.0 Å². The van der Waals surface area contributed by atoms with Gasteiger partial charge in [-0.15, -0.1) is 0 Å². The molecule has 0 atom stereocenters. The van der Waals surface area contributed by atoms with Crippen LogP contribution in [-0.2, 0) is 9.47 Å². The molecule has 0 aliphatic heterocycles. The first-order chi connectivity index (χ1) is 8.69. The van der Waals surface area contributed by atoms with E-state index in [9.17, 15) is 9.59 Å². The average Bonchev–Trinajstić information content (AvgIpc) is 3.04. The van der Waals surface area contributed by atoms with Gasteiger partial charge in [-0.2, -0.15) is 0 Å². The summed E-state index contributed by atoms with van der Waals surface area (Å²) >= 11 is 0. The van der Waals surface area contributed by atoms with Gasteiger partial charge in [-0.25, -0.2) is 9.59 Å². The second kappa shape index (κ2) is 4.74. The first kappa shape index (κ1) is 11.9. The molecule has 0 aliphatic rings. The van der Waals surface area contributed by atoms with Crippen LogP contribution in [0.1, 0.15) is 21.0 Å². The van der Waals surface area contributed by atoms with Gasteiger partial charge < -0.3 is 18.4 Å². The number of rotatable bonds is 3. The summed E-state index contributed by atoms with van der Waals surface area (Å²) in [5, 5.41) is 3.50. The molecular formula is C11H9NO6. The van der Waals surface area contributed by atoms with Crippen LogP contribution in [0.4, 0.5) is 0 Å². The van der Waals surface area contributed by atoms with Crippen LogP contribution in [0, 0.1) is 0 Å². The molecule has 7 nitrogen and oxygen atoms in total. The molecule has 2 heterocycles. The number of nitrogens with zero attached hydrogens (tertiary/aromatic N) is 1. The number of hydrogen-bond donors (Lipinski definition) is 0. The lowest BCUT2D eigenvalue weighted by Crippen LogP contribution is -2.05. The number of carbonyl (C=O) groups excluding carboxylic acids is 2. The third-order valence-corrected chi connectivity index (χ3v) is 2.21. The van der Waals surface area contributed by atoms with Crippen molar-refractivity contribution in [3.05, 3.63) is 29.9 Å². The predicted molar refractivity (Wildman–Crippen MR) is 56.9 cm³/mol. The van der Waals surface area contributed by atoms with Crippen LogP contribution in [0.3, 0.4) is 0 Å². The number of ether oxygens (including phenoxy) is 2. The molecule has 0 spiro atoms. The second-order valence-electron chi connectivity index (χ2n) is 3.20. The fourth-order valence-electron chi connectivity index (χ4n) is 1.41. The van der Waals surface area contributed by atoms with Crippen LogP contribution in [0.25, 0.3) is 11.3 Å². The first-order valence-corrected chi connectivity index (χ1v) is 4.89. The Labute approximate surface area is 101 Å². The van der Waals surface area contributed by atoms with E-state index in [1.807, 2.05) is 0 Å². The molecule has 0 unspecified atom stereocenters. The predicted octanol–water partition coefficient (Wildman–Crippen LogP) is 1.51. The van der Waals surface area contributed by atoms with E-state index in [-0.39, 0.29) is 22.8 Å². The average molecular weight is 251 g/mol. The second-order valence-corrected chi connectivity index (χ2v) is 3.20. The van der Waals surface area contributed by atoms with Crippen molar-refractivity contribution in [1.82, 2.24) is 5.16 Å². The van der Waals surface area contributed by atoms with Crippen molar-refractivity contribution in [3.63, 3.8) is 0 Å². The van der Waals surface area contributed by atoms with Gasteiger partial charge in [0.25, 0.3) is 5.76 Å². The summed E-state index contributed by atoms with van der Waals surface area (Å²) < 4.78 is 19.0. The van der Waals surface area contributed by atoms with Gasteiger partial charge in [-0.3, -0.25) is 0 Å². The Morgan fingerprint density at radius 3 is 2.50 bits per heavy atom. The van der Waals surface area contributed by atoms with Gasteiger partial charge in [0.05, 0.1) is 20.5 Å². The minimum atomic E-state index is -0.760. The van der Waals surface area contributed by atoms with E-state index in [0.29, 0.717) is 0 Å². The zero-order valence-electron chi connectivity index (χ0n) is 9.63. The zero-order chi connectivity index (χ0) is 13.1. The monoisotopic (exact) mass is 251 g/mol. The Hall–Kier alpha value is -2.57. The third-order valence-electron chi connectivity index (χ3n) is 2.21. The highest BCUT2D eigenvalue weighted by Gasteiger charge is 2.30. The summed E-state index contributed by atoms with van der Waals surface area (Å²) in [6.07, 6.45) is 1.39. The van der Waals surface area contributed by atoms with Gasteiger partial charge in [0, 0.05) is 0 Å². The van der Waals surface area contributed by atoms with Crippen molar-refractivity contribution in [2.75, 3.05) is 14.2 Å². The molecule has 0 fully saturated rings. The van der Waals surface area contributed by atoms with Crippen LogP contribution in [-0.4, -0.2) is 31.3 Å². The fraction of sp³-hybridized carbons (Fsp3) is 0.182. The van der Waals surface area contributed by atoms with Gasteiger partial charge in [0.2, 0.25) is 5.69 Å². The topological polar surface area (TPSA) is 91.8 Å². The van der Waals surface area contributed by atoms with Crippen LogP contribution in [0.15, 0.2) is 27.3 Å². The largest absolute Gasteiger partial charge is 0.464 e. The van der Waals surface area contributed by atoms with Gasteiger partial charge in [0.1, 0.15) is 11.3 Å². The Bertz CT molecular complexity index is 535. The minimum absolute atomic E-state index is 0.110. The molecule has 2 aromatic rings. The van der Waals surface area contributed by atoms with Crippen LogP contribution < -0.4 is 0 Å². The van der Waals surface area contributed by atoms with Crippen LogP contribution in [0.2, 0.25) is 0 Å². The smallest absolute Gasteiger partial charge is 0.377 e. The lowest BCUT2D eigenvalue weighted by atomic mass is 10.1. The van der Waals surface area contributed by atoms with Crippen LogP contribution >= 0.6 is 0 Å². The highest BCUT2D eigenvalue weighted by Crippen LogP contribution is 2.29. The number of esters is 2. The first-order valence-electron chi connectivity index (χ1n) is 4.89. The standard InChI is InChI=1S/C11H9NO6/c1-15-10(13)8-7(6-4-3-5-17-6)9(18-12-8)11(14)16-2/h3-5H,1-2H3. The summed E-state index contributed by atoms with van der Waals surface area (Å²) in [6, 6.07) is 3.16. The maximum absolute atomic E-state index is 11.5. The zero-order valence-corrected chi connectivity index (χ0v) is 9.63. The summed E-state index contributed by atoms with van der Waals surface area (Å²) in [5.74, 6) is -1.45. The number of aromatic nitrogens is 1. The quantitative estimate of drug-likeness (QED) is 0.763. The molecule has 7 heteroatoms. The van der Waals surface area contributed by atoms with E-state index in [1.54, 1.807) is 12.1 Å². The number of hydrogen-bond acceptors (Lipinski definition) is 7. The normalized spacial score (nSPS) is 10.1. The van der Waals surface area contributed by atoms with Crippen LogP contribution in [0.5, 0.6) is 0 Å². The Morgan fingerprint density at radius 1 is 1.22 bits per heavy atom. The van der Waals surface area contributed by atoms with Crippen molar-refractivity contribution >= 4 is 11.9 Å². The molecular weight excluding hydrogens is 242 g/mol. The summed E-state index contributed by atoms with van der Waals surface area (Å²) in [5.41, 5.74) is -0.0356. The maximum atomic E-state index is 11.5. The van der Waals surface area contributed by atoms with Crippen molar-refractivity contribution in [2.45, 2.75) is 0 Å². The molecule has 0 radical (unpaired) electrons. The van der Waals surface area contributed by atoms with E-state index < -0.39 is 11.9 Å². The van der Waals surface area contributed by atoms with Gasteiger partial charge in [0.15, 0.2) is 0 Å². The van der Waals surface area contributed by atoms with E-state index >= 15 is 0 Å². The maximum Gasteiger partial charge on any atom is 0.377 e. The molecule has 0 bridgehead atoms. The molecule has 18 heavy (non-hydrogen) atoms. The highest BCUT2D eigenvalue weighted by molar-refractivity contribution is 6.02. The molecule has 0 aromatic carbocycles. The van der Waals surface area contributed by atoms with E-state index in [2.05, 4.69) is 14.6 Å². The summed E-state index contributed by atoms with van der Waals surface area (Å²) in [4.78, 5) is 23.0. The molecule has 0 aliphatic carbocycles. The van der Waals surface area contributed by atoms with Gasteiger partial charge in [-0.1, -0.05) is 5.16 Å². The molecule has 2 rings (SSSR count). The molecule has 0 saturated heterocycles. The van der Waals surface area contributed by atoms with E-state index in [4.69, 9.17) is 8.94 Å². The Balaban J connectivity index is 2.60. The number of carbonyl (C=O) groups is 2. The molecule has 0 amide bonds. The lowest BCUT2D eigenvalue weighted by molar-refractivity contribution is 0.0546. The lowest BCUT2D eigenvalue weighted by Gasteiger charge is -1.98.